The smallest absolute Gasteiger partial charge is 0.223 e. The molecule has 4 heteroatoms. The molecule has 0 atom stereocenters. The first kappa shape index (κ1) is 25.6. The molecule has 3 saturated carbocycles. The van der Waals surface area contributed by atoms with E-state index in [2.05, 4.69) is 52.2 Å². The second-order valence-corrected chi connectivity index (χ2v) is 13.4. The Balaban J connectivity index is 1.34. The molecule has 3 rings (SSSR count). The van der Waals surface area contributed by atoms with Crippen LogP contribution >= 0.6 is 0 Å². The van der Waals surface area contributed by atoms with Gasteiger partial charge in [0.1, 0.15) is 0 Å². The third-order valence-electron chi connectivity index (χ3n) is 9.07. The van der Waals surface area contributed by atoms with Crippen molar-refractivity contribution in [2.45, 2.75) is 131 Å². The molecule has 184 valence electrons. The van der Waals surface area contributed by atoms with Crippen LogP contribution in [0.1, 0.15) is 119 Å². The van der Waals surface area contributed by atoms with Crippen LogP contribution in [0.15, 0.2) is 0 Å². The van der Waals surface area contributed by atoms with Gasteiger partial charge in [-0.2, -0.15) is 0 Å². The zero-order chi connectivity index (χ0) is 23.5. The quantitative estimate of drug-likeness (QED) is 0.537. The van der Waals surface area contributed by atoms with Gasteiger partial charge in [0.25, 0.3) is 0 Å². The Morgan fingerprint density at radius 2 is 0.781 bits per heavy atom. The maximum absolute atomic E-state index is 12.8. The second kappa shape index (κ2) is 10.5. The third kappa shape index (κ3) is 6.97. The Morgan fingerprint density at radius 3 is 1.03 bits per heavy atom. The third-order valence-corrected chi connectivity index (χ3v) is 9.07. The molecule has 0 heterocycles. The lowest BCUT2D eigenvalue weighted by molar-refractivity contribution is -0.129. The first-order valence-electron chi connectivity index (χ1n) is 13.5. The Bertz CT molecular complexity index is 565. The molecule has 0 aromatic rings. The summed E-state index contributed by atoms with van der Waals surface area (Å²) in [5.41, 5.74) is 0.715. The van der Waals surface area contributed by atoms with E-state index in [9.17, 15) is 9.59 Å². The van der Waals surface area contributed by atoms with Crippen LogP contribution in [0.25, 0.3) is 0 Å². The van der Waals surface area contributed by atoms with E-state index in [0.29, 0.717) is 22.9 Å². The Hall–Kier alpha value is -1.06. The highest BCUT2D eigenvalue weighted by Gasteiger charge is 2.35. The predicted octanol–water partition coefficient (Wildman–Crippen LogP) is 6.24. The van der Waals surface area contributed by atoms with Gasteiger partial charge in [-0.05, 0) is 99.7 Å². The van der Waals surface area contributed by atoms with E-state index in [1.807, 2.05) is 0 Å². The first-order chi connectivity index (χ1) is 14.9. The predicted molar refractivity (Wildman–Crippen MR) is 132 cm³/mol. The first-order valence-corrected chi connectivity index (χ1v) is 13.5. The molecule has 0 spiro atoms. The fourth-order valence-electron chi connectivity index (χ4n) is 6.46. The number of carbonyl (C=O) groups is 2. The summed E-state index contributed by atoms with van der Waals surface area (Å²) in [4.78, 5) is 25.6. The summed E-state index contributed by atoms with van der Waals surface area (Å²) in [7, 11) is 0. The fourth-order valence-corrected chi connectivity index (χ4v) is 6.46. The number of hydrogen-bond donors (Lipinski definition) is 2. The molecular weight excluding hydrogens is 396 g/mol. The molecule has 0 bridgehead atoms. The molecule has 2 amide bonds. The van der Waals surface area contributed by atoms with Gasteiger partial charge >= 0.3 is 0 Å². The minimum Gasteiger partial charge on any atom is -0.353 e. The van der Waals surface area contributed by atoms with Crippen molar-refractivity contribution in [3.63, 3.8) is 0 Å². The minimum absolute atomic E-state index is 0.203. The van der Waals surface area contributed by atoms with Gasteiger partial charge in [0, 0.05) is 23.9 Å². The maximum Gasteiger partial charge on any atom is 0.223 e. The van der Waals surface area contributed by atoms with Crippen molar-refractivity contribution in [3.05, 3.63) is 0 Å². The van der Waals surface area contributed by atoms with Crippen LogP contribution < -0.4 is 10.6 Å². The van der Waals surface area contributed by atoms with Crippen LogP contribution in [0, 0.1) is 34.5 Å². The highest BCUT2D eigenvalue weighted by atomic mass is 16.2. The van der Waals surface area contributed by atoms with Gasteiger partial charge in [-0.3, -0.25) is 9.59 Å². The maximum atomic E-state index is 12.8. The normalized spacial score (nSPS) is 34.6. The van der Waals surface area contributed by atoms with E-state index in [4.69, 9.17) is 0 Å². The summed E-state index contributed by atoms with van der Waals surface area (Å²) in [6, 6.07) is 0.580. The molecule has 0 aliphatic heterocycles. The van der Waals surface area contributed by atoms with Crippen molar-refractivity contribution in [2.75, 3.05) is 0 Å². The van der Waals surface area contributed by atoms with Crippen LogP contribution in [-0.2, 0) is 9.59 Å². The fraction of sp³-hybridized carbons (Fsp3) is 0.929. The molecule has 32 heavy (non-hydrogen) atoms. The second-order valence-electron chi connectivity index (χ2n) is 13.4. The molecular formula is C28H50N2O2. The van der Waals surface area contributed by atoms with Crippen LogP contribution in [-0.4, -0.2) is 23.9 Å². The summed E-state index contributed by atoms with van der Waals surface area (Å²) in [5, 5.41) is 6.69. The van der Waals surface area contributed by atoms with Gasteiger partial charge in [-0.25, -0.2) is 0 Å². The highest BCUT2D eigenvalue weighted by Crippen LogP contribution is 2.41. The summed E-state index contributed by atoms with van der Waals surface area (Å²) in [6.45, 7) is 14.0. The van der Waals surface area contributed by atoms with Crippen LogP contribution in [0.2, 0.25) is 0 Å². The summed E-state index contributed by atoms with van der Waals surface area (Å²) < 4.78 is 0. The van der Waals surface area contributed by atoms with Gasteiger partial charge in [0.05, 0.1) is 0 Å². The standard InChI is InChI=1S/C28H50N2O2/c1-27(2,3)21-11-7-19(8-12-21)25(31)29-23-15-17-24(18-16-23)30-26(32)20-9-13-22(14-10-20)28(4,5)6/h19-24H,7-18H2,1-6H3,(H,29,31)(H,30,32). The Kier molecular flexibility index (Phi) is 8.36. The zero-order valence-corrected chi connectivity index (χ0v) is 21.8. The van der Waals surface area contributed by atoms with E-state index in [-0.39, 0.29) is 23.7 Å². The van der Waals surface area contributed by atoms with Crippen molar-refractivity contribution < 1.29 is 9.59 Å². The molecule has 0 saturated heterocycles. The van der Waals surface area contributed by atoms with Crippen LogP contribution in [0.5, 0.6) is 0 Å². The van der Waals surface area contributed by atoms with Crippen LogP contribution in [0.3, 0.4) is 0 Å². The number of nitrogens with one attached hydrogen (secondary N) is 2. The number of amides is 2. The molecule has 2 N–H and O–H groups in total. The van der Waals surface area contributed by atoms with Gasteiger partial charge in [0.2, 0.25) is 11.8 Å². The zero-order valence-electron chi connectivity index (χ0n) is 21.8. The van der Waals surface area contributed by atoms with Gasteiger partial charge in [0.15, 0.2) is 0 Å². The molecule has 0 aromatic carbocycles. The molecule has 0 radical (unpaired) electrons. The molecule has 4 nitrogen and oxygen atoms in total. The Morgan fingerprint density at radius 1 is 0.500 bits per heavy atom. The molecule has 0 unspecified atom stereocenters. The number of carbonyl (C=O) groups excluding carboxylic acids is 2. The molecule has 3 aliphatic carbocycles. The van der Waals surface area contributed by atoms with Gasteiger partial charge < -0.3 is 10.6 Å². The lowest BCUT2D eigenvalue weighted by Crippen LogP contribution is -2.47. The van der Waals surface area contributed by atoms with E-state index in [1.54, 1.807) is 0 Å². The van der Waals surface area contributed by atoms with Gasteiger partial charge in [-0.1, -0.05) is 41.5 Å². The SMILES string of the molecule is CC(C)(C)C1CCC(C(=O)NC2CCC(NC(=O)C3CCC(C(C)(C)C)CC3)CC2)CC1. The average Bonchev–Trinajstić information content (AvgIpc) is 2.74. The molecule has 3 aliphatic rings. The number of hydrogen-bond acceptors (Lipinski definition) is 2. The van der Waals surface area contributed by atoms with Crippen molar-refractivity contribution in [2.24, 2.45) is 34.5 Å². The van der Waals surface area contributed by atoms with E-state index in [0.717, 1.165) is 63.2 Å². The minimum atomic E-state index is 0.203. The van der Waals surface area contributed by atoms with Crippen molar-refractivity contribution >= 4 is 11.8 Å². The molecule has 3 fully saturated rings. The van der Waals surface area contributed by atoms with E-state index >= 15 is 0 Å². The average molecular weight is 447 g/mol. The molecule has 0 aromatic heterocycles. The topological polar surface area (TPSA) is 58.2 Å². The Labute approximate surface area is 197 Å². The van der Waals surface area contributed by atoms with E-state index in [1.165, 1.54) is 25.7 Å². The van der Waals surface area contributed by atoms with Crippen LogP contribution in [0.4, 0.5) is 0 Å². The summed E-state index contributed by atoms with van der Waals surface area (Å²) >= 11 is 0. The van der Waals surface area contributed by atoms with Crippen molar-refractivity contribution in [3.8, 4) is 0 Å². The van der Waals surface area contributed by atoms with E-state index < -0.39 is 0 Å². The lowest BCUT2D eigenvalue weighted by Gasteiger charge is -2.38. The van der Waals surface area contributed by atoms with Gasteiger partial charge in [-0.15, -0.1) is 0 Å². The monoisotopic (exact) mass is 446 g/mol. The largest absolute Gasteiger partial charge is 0.353 e. The van der Waals surface area contributed by atoms with Crippen molar-refractivity contribution in [1.29, 1.82) is 0 Å². The number of rotatable bonds is 4. The summed E-state index contributed by atoms with van der Waals surface area (Å²) in [5.74, 6) is 2.45. The lowest BCUT2D eigenvalue weighted by atomic mass is 9.69. The highest BCUT2D eigenvalue weighted by molar-refractivity contribution is 5.79. The summed E-state index contributed by atoms with van der Waals surface area (Å²) in [6.07, 6.45) is 12.8. The van der Waals surface area contributed by atoms with Crippen molar-refractivity contribution in [1.82, 2.24) is 10.6 Å².